The highest BCUT2D eigenvalue weighted by molar-refractivity contribution is 5.80. The molecule has 0 aromatic heterocycles. The number of nitrogens with zero attached hydrogens (tertiary/aromatic N) is 2. The van der Waals surface area contributed by atoms with Crippen molar-refractivity contribution in [2.24, 2.45) is 4.99 Å². The van der Waals surface area contributed by atoms with Crippen LogP contribution in [0.15, 0.2) is 53.5 Å². The van der Waals surface area contributed by atoms with E-state index in [1.165, 1.54) is 23.3 Å². The number of benzene rings is 2. The van der Waals surface area contributed by atoms with Gasteiger partial charge in [0.15, 0.2) is 5.96 Å². The third kappa shape index (κ3) is 6.98. The molecule has 0 spiro atoms. The molecule has 166 valence electrons. The Kier molecular flexibility index (Phi) is 8.27. The Morgan fingerprint density at radius 1 is 1.16 bits per heavy atom. The predicted octanol–water partition coefficient (Wildman–Crippen LogP) is 3.12. The number of carbonyl (C=O) groups is 1. The van der Waals surface area contributed by atoms with Crippen molar-refractivity contribution in [3.63, 3.8) is 0 Å². The second-order valence-electron chi connectivity index (χ2n) is 7.70. The molecule has 0 fully saturated rings. The highest BCUT2D eigenvalue weighted by Gasteiger charge is 2.19. The smallest absolute Gasteiger partial charge is 0.222 e. The van der Waals surface area contributed by atoms with E-state index in [9.17, 15) is 9.18 Å². The van der Waals surface area contributed by atoms with Crippen molar-refractivity contribution in [2.45, 2.75) is 38.8 Å². The normalized spacial score (nSPS) is 14.5. The fraction of sp³-hybridized carbons (Fsp3) is 0.417. The van der Waals surface area contributed by atoms with Crippen LogP contribution >= 0.6 is 0 Å². The number of ether oxygens (including phenoxy) is 1. The molecule has 1 atom stereocenters. The number of aliphatic imine (C=N–C) groups is 1. The number of guanidine groups is 1. The number of hydrogen-bond donors (Lipinski definition) is 2. The molecule has 7 heteroatoms. The molecule has 1 heterocycles. The maximum atomic E-state index is 13.0. The number of rotatable bonds is 8. The number of carbonyl (C=O) groups excluding carboxylic acids is 1. The molecule has 1 amide bonds. The fourth-order valence-electron chi connectivity index (χ4n) is 3.56. The van der Waals surface area contributed by atoms with E-state index in [2.05, 4.69) is 33.8 Å². The standard InChI is InChI=1S/C24H31FN4O2/c1-18(31-22-11-9-21(25)10-12-22)16-28-24(26-2)27-14-5-8-23(30)29-15-13-19-6-3-4-7-20(19)17-29/h3-4,6-7,9-12,18H,5,8,13-17H2,1-2H3,(H2,26,27,28). The van der Waals surface area contributed by atoms with E-state index in [4.69, 9.17) is 4.74 Å². The molecule has 0 aliphatic carbocycles. The van der Waals surface area contributed by atoms with Gasteiger partial charge in [-0.05, 0) is 55.2 Å². The Labute approximate surface area is 183 Å². The molecule has 2 aromatic carbocycles. The van der Waals surface area contributed by atoms with Gasteiger partial charge in [-0.2, -0.15) is 0 Å². The molecule has 1 aliphatic rings. The average Bonchev–Trinajstić information content (AvgIpc) is 2.79. The Morgan fingerprint density at radius 2 is 1.90 bits per heavy atom. The Morgan fingerprint density at radius 3 is 2.65 bits per heavy atom. The minimum atomic E-state index is -0.286. The second-order valence-corrected chi connectivity index (χ2v) is 7.70. The zero-order valence-electron chi connectivity index (χ0n) is 18.2. The summed E-state index contributed by atoms with van der Waals surface area (Å²) >= 11 is 0. The lowest BCUT2D eigenvalue weighted by atomic mass is 9.99. The molecule has 0 bridgehead atoms. The number of halogens is 1. The molecule has 0 saturated carbocycles. The van der Waals surface area contributed by atoms with Gasteiger partial charge in [-0.1, -0.05) is 24.3 Å². The summed E-state index contributed by atoms with van der Waals surface area (Å²) in [4.78, 5) is 18.7. The number of fused-ring (bicyclic) bond motifs is 1. The van der Waals surface area contributed by atoms with Gasteiger partial charge in [0.1, 0.15) is 17.7 Å². The van der Waals surface area contributed by atoms with Crippen molar-refractivity contribution in [1.29, 1.82) is 0 Å². The van der Waals surface area contributed by atoms with E-state index in [-0.39, 0.29) is 17.8 Å². The maximum absolute atomic E-state index is 13.0. The van der Waals surface area contributed by atoms with E-state index in [0.717, 1.165) is 19.4 Å². The topological polar surface area (TPSA) is 66.0 Å². The fourth-order valence-corrected chi connectivity index (χ4v) is 3.56. The predicted molar refractivity (Wildman–Crippen MR) is 121 cm³/mol. The van der Waals surface area contributed by atoms with Crippen LogP contribution in [0.5, 0.6) is 5.75 Å². The second kappa shape index (κ2) is 11.3. The molecule has 2 N–H and O–H groups in total. The molecule has 1 aliphatic heterocycles. The first kappa shape index (κ1) is 22.6. The molecule has 31 heavy (non-hydrogen) atoms. The lowest BCUT2D eigenvalue weighted by Crippen LogP contribution is -2.42. The average molecular weight is 427 g/mol. The van der Waals surface area contributed by atoms with Crippen LogP contribution in [0.3, 0.4) is 0 Å². The summed E-state index contributed by atoms with van der Waals surface area (Å²) in [5.41, 5.74) is 2.60. The number of amides is 1. The van der Waals surface area contributed by atoms with E-state index >= 15 is 0 Å². The van der Waals surface area contributed by atoms with Crippen LogP contribution in [0.4, 0.5) is 4.39 Å². The van der Waals surface area contributed by atoms with Gasteiger partial charge in [0, 0.05) is 33.1 Å². The summed E-state index contributed by atoms with van der Waals surface area (Å²) in [5, 5.41) is 6.44. The van der Waals surface area contributed by atoms with Gasteiger partial charge in [-0.25, -0.2) is 4.39 Å². The monoisotopic (exact) mass is 426 g/mol. The van der Waals surface area contributed by atoms with Crippen molar-refractivity contribution < 1.29 is 13.9 Å². The van der Waals surface area contributed by atoms with Gasteiger partial charge in [-0.3, -0.25) is 9.79 Å². The third-order valence-electron chi connectivity index (χ3n) is 5.27. The maximum Gasteiger partial charge on any atom is 0.222 e. The molecule has 1 unspecified atom stereocenters. The highest BCUT2D eigenvalue weighted by Crippen LogP contribution is 2.19. The van der Waals surface area contributed by atoms with Gasteiger partial charge in [-0.15, -0.1) is 0 Å². The Bertz CT molecular complexity index is 885. The first-order valence-electron chi connectivity index (χ1n) is 10.8. The van der Waals surface area contributed by atoms with E-state index in [0.29, 0.717) is 37.8 Å². The van der Waals surface area contributed by atoms with Crippen molar-refractivity contribution >= 4 is 11.9 Å². The summed E-state index contributed by atoms with van der Waals surface area (Å²) in [6.45, 7) is 4.63. The summed E-state index contributed by atoms with van der Waals surface area (Å²) in [5.74, 6) is 1.19. The highest BCUT2D eigenvalue weighted by atomic mass is 19.1. The van der Waals surface area contributed by atoms with E-state index in [1.807, 2.05) is 17.9 Å². The Balaban J connectivity index is 1.32. The van der Waals surface area contributed by atoms with Gasteiger partial charge in [0.2, 0.25) is 5.91 Å². The minimum Gasteiger partial charge on any atom is -0.489 e. The van der Waals surface area contributed by atoms with Crippen molar-refractivity contribution in [3.8, 4) is 5.75 Å². The summed E-state index contributed by atoms with van der Waals surface area (Å²) in [6, 6.07) is 14.3. The zero-order valence-corrected chi connectivity index (χ0v) is 18.2. The van der Waals surface area contributed by atoms with Crippen LogP contribution in [0.2, 0.25) is 0 Å². The van der Waals surface area contributed by atoms with Crippen LogP contribution in [-0.2, 0) is 17.8 Å². The van der Waals surface area contributed by atoms with Crippen LogP contribution in [0.25, 0.3) is 0 Å². The lowest BCUT2D eigenvalue weighted by Gasteiger charge is -2.29. The third-order valence-corrected chi connectivity index (χ3v) is 5.27. The molecular weight excluding hydrogens is 395 g/mol. The summed E-state index contributed by atoms with van der Waals surface area (Å²) in [6.07, 6.45) is 2.05. The van der Waals surface area contributed by atoms with Crippen LogP contribution < -0.4 is 15.4 Å². The molecular formula is C24H31FN4O2. The number of nitrogens with one attached hydrogen (secondary N) is 2. The van der Waals surface area contributed by atoms with Gasteiger partial charge in [0.25, 0.3) is 0 Å². The number of hydrogen-bond acceptors (Lipinski definition) is 3. The van der Waals surface area contributed by atoms with E-state index < -0.39 is 0 Å². The SMILES string of the molecule is CN=C(NCCCC(=O)N1CCc2ccccc2C1)NCC(C)Oc1ccc(F)cc1. The van der Waals surface area contributed by atoms with Gasteiger partial charge >= 0.3 is 0 Å². The van der Waals surface area contributed by atoms with Gasteiger partial charge < -0.3 is 20.3 Å². The van der Waals surface area contributed by atoms with Crippen molar-refractivity contribution in [1.82, 2.24) is 15.5 Å². The minimum absolute atomic E-state index is 0.118. The summed E-state index contributed by atoms with van der Waals surface area (Å²) < 4.78 is 18.7. The quantitative estimate of drug-likeness (QED) is 0.387. The molecule has 6 nitrogen and oxygen atoms in total. The molecule has 0 saturated heterocycles. The van der Waals surface area contributed by atoms with Crippen molar-refractivity contribution in [3.05, 3.63) is 65.5 Å². The first-order valence-corrected chi connectivity index (χ1v) is 10.8. The van der Waals surface area contributed by atoms with Crippen molar-refractivity contribution in [2.75, 3.05) is 26.7 Å². The summed E-state index contributed by atoms with van der Waals surface area (Å²) in [7, 11) is 1.71. The van der Waals surface area contributed by atoms with E-state index in [1.54, 1.807) is 19.2 Å². The van der Waals surface area contributed by atoms with Gasteiger partial charge in [0.05, 0.1) is 6.54 Å². The zero-order chi connectivity index (χ0) is 22.1. The van der Waals surface area contributed by atoms with Crippen LogP contribution in [0.1, 0.15) is 30.9 Å². The molecule has 3 rings (SSSR count). The first-order chi connectivity index (χ1) is 15.0. The largest absolute Gasteiger partial charge is 0.489 e. The van der Waals surface area contributed by atoms with Crippen LogP contribution in [-0.4, -0.2) is 49.6 Å². The molecule has 0 radical (unpaired) electrons. The van der Waals surface area contributed by atoms with Crippen LogP contribution in [0, 0.1) is 5.82 Å². The molecule has 2 aromatic rings. The lowest BCUT2D eigenvalue weighted by molar-refractivity contribution is -0.132. The Hall–Kier alpha value is -3.09.